The van der Waals surface area contributed by atoms with Crippen molar-refractivity contribution in [2.75, 3.05) is 6.54 Å². The Bertz CT molecular complexity index is 704. The van der Waals surface area contributed by atoms with E-state index in [9.17, 15) is 9.59 Å². The van der Waals surface area contributed by atoms with E-state index in [2.05, 4.69) is 38.8 Å². The van der Waals surface area contributed by atoms with Gasteiger partial charge in [0.2, 0.25) is 0 Å². The Morgan fingerprint density at radius 1 is 1.42 bits per heavy atom. The molecule has 3 atom stereocenters. The Balaban J connectivity index is 2.25. The van der Waals surface area contributed by atoms with E-state index < -0.39 is 20.2 Å². The van der Waals surface area contributed by atoms with Crippen molar-refractivity contribution >= 4 is 8.32 Å². The summed E-state index contributed by atoms with van der Waals surface area (Å²) in [5.41, 5.74) is 5.47. The van der Waals surface area contributed by atoms with Crippen LogP contribution in [0.25, 0.3) is 0 Å². The maximum absolute atomic E-state index is 12.1. The van der Waals surface area contributed by atoms with Gasteiger partial charge in [-0.3, -0.25) is 14.3 Å². The summed E-state index contributed by atoms with van der Waals surface area (Å²) in [4.78, 5) is 25.9. The lowest BCUT2D eigenvalue weighted by Gasteiger charge is -2.39. The number of nitrogens with zero attached hydrogens (tertiary/aromatic N) is 1. The molecule has 0 aromatic carbocycles. The average Bonchev–Trinajstić information content (AvgIpc) is 2.83. The summed E-state index contributed by atoms with van der Waals surface area (Å²) in [6.45, 7) is 12.9. The van der Waals surface area contributed by atoms with Crippen molar-refractivity contribution in [3.8, 4) is 0 Å². The first-order valence-electron chi connectivity index (χ1n) is 8.31. The van der Waals surface area contributed by atoms with E-state index in [0.717, 1.165) is 0 Å². The number of hydrogen-bond acceptors (Lipinski definition) is 5. The van der Waals surface area contributed by atoms with Crippen LogP contribution in [0.5, 0.6) is 0 Å². The molecule has 24 heavy (non-hydrogen) atoms. The van der Waals surface area contributed by atoms with Gasteiger partial charge in [-0.25, -0.2) is 4.79 Å². The zero-order valence-electron chi connectivity index (χ0n) is 15.4. The number of ether oxygens (including phenoxy) is 1. The van der Waals surface area contributed by atoms with Gasteiger partial charge in [0.1, 0.15) is 6.23 Å². The number of H-pyrrole nitrogens is 1. The average molecular weight is 356 g/mol. The Hall–Kier alpha value is -1.22. The third-order valence-electron chi connectivity index (χ3n) is 5.12. The third-order valence-corrected chi connectivity index (χ3v) is 9.63. The number of nitrogens with one attached hydrogen (secondary N) is 1. The summed E-state index contributed by atoms with van der Waals surface area (Å²) in [5, 5.41) is 0.0790. The zero-order valence-corrected chi connectivity index (χ0v) is 16.4. The number of rotatable bonds is 4. The van der Waals surface area contributed by atoms with Crippen LogP contribution in [-0.2, 0) is 9.16 Å². The summed E-state index contributed by atoms with van der Waals surface area (Å²) in [6, 6.07) is 0. The Labute approximate surface area is 143 Å². The smallest absolute Gasteiger partial charge is 0.330 e. The summed E-state index contributed by atoms with van der Waals surface area (Å²) in [6.07, 6.45) is 1.19. The van der Waals surface area contributed by atoms with Crippen LogP contribution in [0, 0.1) is 6.92 Å². The van der Waals surface area contributed by atoms with Gasteiger partial charge in [0.05, 0.1) is 12.2 Å². The lowest BCUT2D eigenvalue weighted by atomic mass is 10.2. The molecule has 0 saturated carbocycles. The first kappa shape index (κ1) is 19.1. The van der Waals surface area contributed by atoms with Crippen LogP contribution < -0.4 is 17.0 Å². The monoisotopic (exact) mass is 355 g/mol. The van der Waals surface area contributed by atoms with E-state index in [1.165, 1.54) is 10.8 Å². The maximum Gasteiger partial charge on any atom is 0.330 e. The number of aromatic nitrogens is 2. The molecular weight excluding hydrogens is 326 g/mol. The van der Waals surface area contributed by atoms with Gasteiger partial charge >= 0.3 is 5.69 Å². The topological polar surface area (TPSA) is 99.3 Å². The molecular formula is C16H29N3O4Si. The minimum absolute atomic E-state index is 0.0790. The summed E-state index contributed by atoms with van der Waals surface area (Å²) < 4.78 is 13.8. The van der Waals surface area contributed by atoms with Crippen LogP contribution >= 0.6 is 0 Å². The van der Waals surface area contributed by atoms with Gasteiger partial charge in [-0.2, -0.15) is 0 Å². The molecule has 0 radical (unpaired) electrons. The highest BCUT2D eigenvalue weighted by molar-refractivity contribution is 6.74. The van der Waals surface area contributed by atoms with Crippen LogP contribution in [0.3, 0.4) is 0 Å². The number of aryl methyl sites for hydroxylation is 1. The van der Waals surface area contributed by atoms with Crippen molar-refractivity contribution in [2.45, 2.75) is 70.7 Å². The standard InChI is InChI=1S/C16H29N3O4Si/c1-10-9-19(15(21)18-14(10)20)13-7-11(12(8-17)22-13)23-24(5,6)16(2,3)4/h9,11-13H,7-8,17H2,1-6H3,(H,18,20,21). The van der Waals surface area contributed by atoms with Gasteiger partial charge in [-0.05, 0) is 25.1 Å². The molecule has 1 aliphatic rings. The van der Waals surface area contributed by atoms with Crippen LogP contribution in [0.4, 0.5) is 0 Å². The van der Waals surface area contributed by atoms with Crippen molar-refractivity contribution in [2.24, 2.45) is 5.73 Å². The molecule has 2 heterocycles. The fourth-order valence-electron chi connectivity index (χ4n) is 2.56. The molecule has 3 N–H and O–H groups in total. The van der Waals surface area contributed by atoms with Crippen molar-refractivity contribution < 1.29 is 9.16 Å². The van der Waals surface area contributed by atoms with Crippen molar-refractivity contribution in [1.29, 1.82) is 0 Å². The van der Waals surface area contributed by atoms with Gasteiger partial charge in [0, 0.05) is 24.7 Å². The quantitative estimate of drug-likeness (QED) is 0.797. The van der Waals surface area contributed by atoms with Crippen LogP contribution in [-0.4, -0.2) is 36.6 Å². The molecule has 1 aromatic rings. The minimum atomic E-state index is -1.97. The van der Waals surface area contributed by atoms with Gasteiger partial charge < -0.3 is 14.9 Å². The van der Waals surface area contributed by atoms with E-state index >= 15 is 0 Å². The van der Waals surface area contributed by atoms with Crippen molar-refractivity contribution in [3.63, 3.8) is 0 Å². The fraction of sp³-hybridized carbons (Fsp3) is 0.750. The largest absolute Gasteiger partial charge is 0.411 e. The molecule has 2 rings (SSSR count). The molecule has 0 aliphatic carbocycles. The van der Waals surface area contributed by atoms with Gasteiger partial charge in [-0.1, -0.05) is 20.8 Å². The molecule has 1 saturated heterocycles. The second-order valence-electron chi connectivity index (χ2n) is 8.00. The highest BCUT2D eigenvalue weighted by atomic mass is 28.4. The molecule has 136 valence electrons. The predicted octanol–water partition coefficient (Wildman–Crippen LogP) is 1.48. The fourth-order valence-corrected chi connectivity index (χ4v) is 3.92. The summed E-state index contributed by atoms with van der Waals surface area (Å²) >= 11 is 0. The molecule has 0 amide bonds. The first-order valence-corrected chi connectivity index (χ1v) is 11.2. The Kier molecular flexibility index (Phi) is 5.24. The third kappa shape index (κ3) is 3.71. The molecule has 3 unspecified atom stereocenters. The minimum Gasteiger partial charge on any atom is -0.411 e. The first-order chi connectivity index (χ1) is 11.0. The van der Waals surface area contributed by atoms with E-state index in [1.807, 2.05) is 0 Å². The van der Waals surface area contributed by atoms with Crippen molar-refractivity contribution in [3.05, 3.63) is 32.6 Å². The lowest BCUT2D eigenvalue weighted by molar-refractivity contribution is -0.0133. The molecule has 0 spiro atoms. The van der Waals surface area contributed by atoms with Crippen LogP contribution in [0.2, 0.25) is 18.1 Å². The van der Waals surface area contributed by atoms with E-state index in [4.69, 9.17) is 14.9 Å². The van der Waals surface area contributed by atoms with Gasteiger partial charge in [0.25, 0.3) is 5.56 Å². The van der Waals surface area contributed by atoms with Crippen LogP contribution in [0.15, 0.2) is 15.8 Å². The Morgan fingerprint density at radius 2 is 2.04 bits per heavy atom. The van der Waals surface area contributed by atoms with E-state index in [1.54, 1.807) is 6.92 Å². The van der Waals surface area contributed by atoms with E-state index in [-0.39, 0.29) is 22.8 Å². The SMILES string of the molecule is Cc1cn(C2CC(O[Si](C)(C)C(C)(C)C)C(CN)O2)c(=O)[nH]c1=O. The number of nitrogens with two attached hydrogens (primary N) is 1. The summed E-state index contributed by atoms with van der Waals surface area (Å²) in [5.74, 6) is 0. The number of aromatic amines is 1. The maximum atomic E-state index is 12.1. The van der Waals surface area contributed by atoms with Gasteiger partial charge in [0.15, 0.2) is 8.32 Å². The summed E-state index contributed by atoms with van der Waals surface area (Å²) in [7, 11) is -1.97. The Morgan fingerprint density at radius 3 is 2.58 bits per heavy atom. The molecule has 8 heteroatoms. The molecule has 1 fully saturated rings. The molecule has 1 aliphatic heterocycles. The zero-order chi connectivity index (χ0) is 18.3. The highest BCUT2D eigenvalue weighted by Gasteiger charge is 2.44. The number of hydrogen-bond donors (Lipinski definition) is 2. The second-order valence-corrected chi connectivity index (χ2v) is 12.8. The second kappa shape index (κ2) is 6.59. The van der Waals surface area contributed by atoms with E-state index in [0.29, 0.717) is 18.5 Å². The lowest BCUT2D eigenvalue weighted by Crippen LogP contribution is -2.47. The normalized spacial score (nSPS) is 25.2. The van der Waals surface area contributed by atoms with Crippen molar-refractivity contribution in [1.82, 2.24) is 9.55 Å². The molecule has 7 nitrogen and oxygen atoms in total. The highest BCUT2D eigenvalue weighted by Crippen LogP contribution is 2.40. The molecule has 0 bridgehead atoms. The molecule has 1 aromatic heterocycles. The predicted molar refractivity (Wildman–Crippen MR) is 95.7 cm³/mol. The van der Waals surface area contributed by atoms with Gasteiger partial charge in [-0.15, -0.1) is 0 Å². The van der Waals surface area contributed by atoms with Crippen LogP contribution in [0.1, 0.15) is 39.0 Å².